The van der Waals surface area contributed by atoms with Crippen LogP contribution in [0.25, 0.3) is 0 Å². The molecule has 0 aromatic heterocycles. The molecule has 210 valence electrons. The van der Waals surface area contributed by atoms with Crippen LogP contribution in [0.5, 0.6) is 5.75 Å². The topological polar surface area (TPSA) is 107 Å². The van der Waals surface area contributed by atoms with Crippen molar-refractivity contribution in [2.75, 3.05) is 4.90 Å². The summed E-state index contributed by atoms with van der Waals surface area (Å²) in [6, 6.07) is 23.1. The normalized spacial score (nSPS) is 12.3. The van der Waals surface area contributed by atoms with Gasteiger partial charge in [0.05, 0.1) is 6.61 Å². The fourth-order valence-electron chi connectivity index (χ4n) is 4.77. The Bertz CT molecular complexity index is 1200. The van der Waals surface area contributed by atoms with Crippen LogP contribution < -0.4 is 4.90 Å². The zero-order valence-electron chi connectivity index (χ0n) is 23.7. The van der Waals surface area contributed by atoms with E-state index in [9.17, 15) is 19.8 Å². The molecule has 0 saturated heterocycles. The fourth-order valence-corrected chi connectivity index (χ4v) is 4.77. The maximum atomic E-state index is 10.8. The number of rotatable bonds is 10. The maximum absolute atomic E-state index is 10.8. The number of phenols is 1. The molecule has 0 saturated carbocycles. The number of ether oxygens (including phenoxy) is 1. The first-order valence-corrected chi connectivity index (χ1v) is 13.3. The second kappa shape index (κ2) is 14.9. The third-order valence-corrected chi connectivity index (χ3v) is 6.35. The fraction of sp³-hybridized carbons (Fsp3) is 0.375. The lowest BCUT2D eigenvalue weighted by atomic mass is 9.87. The number of hydrogen-bond donors (Lipinski definition) is 3. The standard InChI is InChI=1S/C22H31NO2.C10H10O4/c1-6-20(21-12-17(14-24)10-11-22(21)25)18-8-7-9-19(13-18)23(15(2)3)16(4)5;1-7(11)14-9(10(12)13)8-5-3-2-4-6-8/h7-13,15-16,20,24-25H,6,14H2,1-5H3;2-6,9H,1H3,(H,12,13)/t20-;9-/m11/s1. The first-order valence-electron chi connectivity index (χ1n) is 13.3. The molecule has 0 spiro atoms. The molecule has 7 nitrogen and oxygen atoms in total. The Kier molecular flexibility index (Phi) is 12.0. The zero-order chi connectivity index (χ0) is 29.1. The third kappa shape index (κ3) is 8.86. The molecular weight excluding hydrogens is 494 g/mol. The summed E-state index contributed by atoms with van der Waals surface area (Å²) in [5.74, 6) is -1.39. The van der Waals surface area contributed by atoms with Crippen LogP contribution in [0.4, 0.5) is 5.69 Å². The van der Waals surface area contributed by atoms with Crippen LogP contribution in [-0.4, -0.2) is 39.3 Å². The number of nitrogens with zero attached hydrogens (tertiary/aromatic N) is 1. The number of benzene rings is 3. The monoisotopic (exact) mass is 535 g/mol. The molecule has 2 atom stereocenters. The van der Waals surface area contributed by atoms with Crippen LogP contribution in [0.15, 0.2) is 72.8 Å². The quantitative estimate of drug-likeness (QED) is 0.257. The third-order valence-electron chi connectivity index (χ3n) is 6.35. The van der Waals surface area contributed by atoms with E-state index in [1.807, 2.05) is 6.07 Å². The lowest BCUT2D eigenvalue weighted by Gasteiger charge is -2.34. The molecule has 0 unspecified atom stereocenters. The van der Waals surface area contributed by atoms with Crippen molar-refractivity contribution >= 4 is 17.6 Å². The van der Waals surface area contributed by atoms with E-state index in [-0.39, 0.29) is 12.5 Å². The van der Waals surface area contributed by atoms with Crippen LogP contribution in [0.3, 0.4) is 0 Å². The molecule has 0 aliphatic carbocycles. The average molecular weight is 536 g/mol. The number of phenolic OH excluding ortho intramolecular Hbond substituents is 1. The van der Waals surface area contributed by atoms with E-state index in [0.717, 1.165) is 17.5 Å². The van der Waals surface area contributed by atoms with E-state index in [0.29, 0.717) is 23.4 Å². The molecule has 0 amide bonds. The molecule has 39 heavy (non-hydrogen) atoms. The lowest BCUT2D eigenvalue weighted by Crippen LogP contribution is -2.37. The Balaban J connectivity index is 0.000000322. The Hall–Kier alpha value is -3.84. The zero-order valence-corrected chi connectivity index (χ0v) is 23.7. The predicted octanol–water partition coefficient (Wildman–Crippen LogP) is 6.43. The number of aliphatic carboxylic acids is 1. The average Bonchev–Trinajstić information content (AvgIpc) is 2.89. The van der Waals surface area contributed by atoms with E-state index in [1.165, 1.54) is 18.2 Å². The summed E-state index contributed by atoms with van der Waals surface area (Å²) in [5, 5.41) is 28.6. The molecule has 3 N–H and O–H groups in total. The predicted molar refractivity (Wildman–Crippen MR) is 154 cm³/mol. The maximum Gasteiger partial charge on any atom is 0.349 e. The SMILES string of the molecule is CC(=O)O[C@@H](C(=O)O)c1ccccc1.CC[C@H](c1cccc(N(C(C)C)C(C)C)c1)c1cc(CO)ccc1O. The molecule has 0 aliphatic heterocycles. The summed E-state index contributed by atoms with van der Waals surface area (Å²) in [6.45, 7) is 12.1. The summed E-state index contributed by atoms with van der Waals surface area (Å²) in [6.07, 6.45) is -0.330. The molecule has 3 rings (SSSR count). The van der Waals surface area contributed by atoms with Crippen molar-refractivity contribution in [3.8, 4) is 5.75 Å². The number of aliphatic hydroxyl groups is 1. The molecule has 0 fully saturated rings. The Labute approximate surface area is 231 Å². The van der Waals surface area contributed by atoms with Crippen molar-refractivity contribution < 1.29 is 29.6 Å². The molecule has 0 bridgehead atoms. The number of carboxylic acid groups (broad SMARTS) is 1. The summed E-state index contributed by atoms with van der Waals surface area (Å²) in [7, 11) is 0. The largest absolute Gasteiger partial charge is 0.508 e. The van der Waals surface area contributed by atoms with Crippen LogP contribution in [0, 0.1) is 0 Å². The van der Waals surface area contributed by atoms with Crippen molar-refractivity contribution in [3.63, 3.8) is 0 Å². The highest BCUT2D eigenvalue weighted by molar-refractivity contribution is 5.78. The number of aromatic hydroxyl groups is 1. The van der Waals surface area contributed by atoms with Gasteiger partial charge >= 0.3 is 11.9 Å². The van der Waals surface area contributed by atoms with E-state index in [1.54, 1.807) is 42.5 Å². The van der Waals surface area contributed by atoms with Gasteiger partial charge in [-0.15, -0.1) is 0 Å². The number of anilines is 1. The summed E-state index contributed by atoms with van der Waals surface area (Å²) >= 11 is 0. The van der Waals surface area contributed by atoms with E-state index < -0.39 is 18.0 Å². The molecule has 3 aromatic carbocycles. The van der Waals surface area contributed by atoms with Crippen LogP contribution >= 0.6 is 0 Å². The highest BCUT2D eigenvalue weighted by Crippen LogP contribution is 2.36. The molecular formula is C32H41NO6. The van der Waals surface area contributed by atoms with Crippen LogP contribution in [0.2, 0.25) is 0 Å². The number of hydrogen-bond acceptors (Lipinski definition) is 6. The first kappa shape index (κ1) is 31.4. The highest BCUT2D eigenvalue weighted by atomic mass is 16.6. The lowest BCUT2D eigenvalue weighted by molar-refractivity contribution is -0.163. The van der Waals surface area contributed by atoms with Crippen molar-refractivity contribution in [1.82, 2.24) is 0 Å². The van der Waals surface area contributed by atoms with Crippen molar-refractivity contribution in [3.05, 3.63) is 95.1 Å². The van der Waals surface area contributed by atoms with Crippen molar-refractivity contribution in [2.45, 2.75) is 78.7 Å². The molecule has 0 aliphatic rings. The highest BCUT2D eigenvalue weighted by Gasteiger charge is 2.22. The van der Waals surface area contributed by atoms with Gasteiger partial charge in [0.1, 0.15) is 5.75 Å². The Morgan fingerprint density at radius 1 is 0.872 bits per heavy atom. The van der Waals surface area contributed by atoms with Gasteiger partial charge in [0.2, 0.25) is 6.10 Å². The smallest absolute Gasteiger partial charge is 0.349 e. The molecule has 0 heterocycles. The first-order chi connectivity index (χ1) is 18.5. The van der Waals surface area contributed by atoms with E-state index >= 15 is 0 Å². The summed E-state index contributed by atoms with van der Waals surface area (Å²) in [5.41, 5.74) is 4.56. The molecule has 0 radical (unpaired) electrons. The van der Waals surface area contributed by atoms with Gasteiger partial charge in [-0.25, -0.2) is 4.79 Å². The van der Waals surface area contributed by atoms with Gasteiger partial charge in [-0.05, 0) is 69.5 Å². The number of carbonyl (C=O) groups is 2. The van der Waals surface area contributed by atoms with Gasteiger partial charge in [-0.2, -0.15) is 0 Å². The second-order valence-electron chi connectivity index (χ2n) is 9.94. The van der Waals surface area contributed by atoms with Crippen LogP contribution in [-0.2, 0) is 20.9 Å². The number of carbonyl (C=O) groups excluding carboxylic acids is 1. The molecule has 3 aromatic rings. The van der Waals surface area contributed by atoms with Crippen LogP contribution in [0.1, 0.15) is 82.2 Å². The summed E-state index contributed by atoms with van der Waals surface area (Å²) in [4.78, 5) is 23.8. The van der Waals surface area contributed by atoms with Gasteiger partial charge in [-0.3, -0.25) is 4.79 Å². The minimum atomic E-state index is -1.21. The number of esters is 1. The van der Waals surface area contributed by atoms with E-state index in [2.05, 4.69) is 68.5 Å². The molecule has 7 heteroatoms. The van der Waals surface area contributed by atoms with Gasteiger partial charge < -0.3 is 25.0 Å². The minimum absolute atomic E-state index is 0.0156. The van der Waals surface area contributed by atoms with Crippen molar-refractivity contribution in [1.29, 1.82) is 0 Å². The van der Waals surface area contributed by atoms with Gasteiger partial charge in [0, 0.05) is 41.7 Å². The second-order valence-corrected chi connectivity index (χ2v) is 9.94. The number of carboxylic acids is 1. The van der Waals surface area contributed by atoms with Crippen molar-refractivity contribution in [2.24, 2.45) is 0 Å². The Morgan fingerprint density at radius 3 is 2.00 bits per heavy atom. The van der Waals surface area contributed by atoms with Gasteiger partial charge in [-0.1, -0.05) is 55.5 Å². The summed E-state index contributed by atoms with van der Waals surface area (Å²) < 4.78 is 4.66. The Morgan fingerprint density at radius 2 is 1.49 bits per heavy atom. The number of aliphatic hydroxyl groups excluding tert-OH is 1. The van der Waals surface area contributed by atoms with E-state index in [4.69, 9.17) is 5.11 Å². The minimum Gasteiger partial charge on any atom is -0.508 e. The van der Waals surface area contributed by atoms with Gasteiger partial charge in [0.15, 0.2) is 0 Å². The van der Waals surface area contributed by atoms with Gasteiger partial charge in [0.25, 0.3) is 0 Å².